The summed E-state index contributed by atoms with van der Waals surface area (Å²) in [7, 11) is 0. The molecular weight excluding hydrogens is 216 g/mol. The van der Waals surface area contributed by atoms with Gasteiger partial charge in [0, 0.05) is 0 Å². The van der Waals surface area contributed by atoms with Crippen molar-refractivity contribution in [2.45, 2.75) is 64.9 Å². The van der Waals surface area contributed by atoms with Crippen LogP contribution >= 0.6 is 0 Å². The molecule has 2 N–H and O–H groups in total. The van der Waals surface area contributed by atoms with Gasteiger partial charge in [-0.2, -0.15) is 0 Å². The second-order valence-corrected chi connectivity index (χ2v) is 5.95. The van der Waals surface area contributed by atoms with E-state index < -0.39 is 11.6 Å². The van der Waals surface area contributed by atoms with Gasteiger partial charge in [-0.15, -0.1) is 0 Å². The first-order valence-corrected chi connectivity index (χ1v) is 6.82. The van der Waals surface area contributed by atoms with Gasteiger partial charge < -0.3 is 10.2 Å². The van der Waals surface area contributed by atoms with E-state index in [1.807, 2.05) is 0 Å². The van der Waals surface area contributed by atoms with Crippen LogP contribution in [-0.4, -0.2) is 21.8 Å². The SMILES string of the molecule is CCC1CC(CC)C(CC(C)(O)CC(=O)O)C1. The van der Waals surface area contributed by atoms with Crippen LogP contribution in [0.3, 0.4) is 0 Å². The van der Waals surface area contributed by atoms with Gasteiger partial charge in [0.25, 0.3) is 0 Å². The van der Waals surface area contributed by atoms with Crippen molar-refractivity contribution in [2.24, 2.45) is 17.8 Å². The van der Waals surface area contributed by atoms with Crippen molar-refractivity contribution in [3.8, 4) is 0 Å². The van der Waals surface area contributed by atoms with Crippen LogP contribution < -0.4 is 0 Å². The molecule has 0 heterocycles. The quantitative estimate of drug-likeness (QED) is 0.752. The van der Waals surface area contributed by atoms with Crippen LogP contribution in [-0.2, 0) is 4.79 Å². The number of aliphatic hydroxyl groups is 1. The molecule has 1 aliphatic rings. The lowest BCUT2D eigenvalue weighted by atomic mass is 9.82. The molecule has 0 aliphatic heterocycles. The Labute approximate surface area is 104 Å². The number of carboxylic acid groups (broad SMARTS) is 1. The molecular formula is C14H26O3. The van der Waals surface area contributed by atoms with E-state index in [-0.39, 0.29) is 6.42 Å². The maximum Gasteiger partial charge on any atom is 0.306 e. The summed E-state index contributed by atoms with van der Waals surface area (Å²) >= 11 is 0. The molecule has 4 atom stereocenters. The topological polar surface area (TPSA) is 57.5 Å². The maximum atomic E-state index is 10.7. The van der Waals surface area contributed by atoms with E-state index in [1.54, 1.807) is 6.92 Å². The average molecular weight is 242 g/mol. The van der Waals surface area contributed by atoms with Crippen molar-refractivity contribution in [1.29, 1.82) is 0 Å². The molecule has 1 saturated carbocycles. The van der Waals surface area contributed by atoms with Gasteiger partial charge in [0.1, 0.15) is 0 Å². The Bertz CT molecular complexity index is 260. The molecule has 0 radical (unpaired) electrons. The van der Waals surface area contributed by atoms with Gasteiger partial charge in [-0.1, -0.05) is 26.7 Å². The number of carboxylic acids is 1. The van der Waals surface area contributed by atoms with Crippen molar-refractivity contribution in [1.82, 2.24) is 0 Å². The lowest BCUT2D eigenvalue weighted by molar-refractivity contribution is -0.142. The third-order valence-electron chi connectivity index (χ3n) is 4.27. The van der Waals surface area contributed by atoms with Crippen molar-refractivity contribution in [2.75, 3.05) is 0 Å². The molecule has 1 aliphatic carbocycles. The van der Waals surface area contributed by atoms with Crippen LogP contribution in [0.4, 0.5) is 0 Å². The Morgan fingerprint density at radius 3 is 2.29 bits per heavy atom. The fourth-order valence-corrected chi connectivity index (χ4v) is 3.38. The second kappa shape index (κ2) is 5.85. The first-order chi connectivity index (χ1) is 7.88. The predicted molar refractivity (Wildman–Crippen MR) is 67.8 cm³/mol. The highest BCUT2D eigenvalue weighted by molar-refractivity contribution is 5.68. The molecule has 1 rings (SSSR count). The summed E-state index contributed by atoms with van der Waals surface area (Å²) in [4.78, 5) is 10.7. The zero-order valence-corrected chi connectivity index (χ0v) is 11.3. The van der Waals surface area contributed by atoms with Crippen molar-refractivity contribution in [3.63, 3.8) is 0 Å². The number of hydrogen-bond donors (Lipinski definition) is 2. The summed E-state index contributed by atoms with van der Waals surface area (Å²) < 4.78 is 0. The number of rotatable bonds is 6. The Morgan fingerprint density at radius 2 is 1.82 bits per heavy atom. The Morgan fingerprint density at radius 1 is 1.24 bits per heavy atom. The lowest BCUT2D eigenvalue weighted by Crippen LogP contribution is -2.31. The van der Waals surface area contributed by atoms with Crippen LogP contribution in [0.2, 0.25) is 0 Å². The number of carbonyl (C=O) groups is 1. The fourth-order valence-electron chi connectivity index (χ4n) is 3.38. The highest BCUT2D eigenvalue weighted by atomic mass is 16.4. The summed E-state index contributed by atoms with van der Waals surface area (Å²) in [5.74, 6) is 1.03. The third kappa shape index (κ3) is 4.30. The molecule has 17 heavy (non-hydrogen) atoms. The molecule has 100 valence electrons. The minimum absolute atomic E-state index is 0.142. The zero-order valence-electron chi connectivity index (χ0n) is 11.3. The number of aliphatic carboxylic acids is 1. The first-order valence-electron chi connectivity index (χ1n) is 6.82. The van der Waals surface area contributed by atoms with E-state index in [9.17, 15) is 9.90 Å². The second-order valence-electron chi connectivity index (χ2n) is 5.95. The minimum atomic E-state index is -1.05. The summed E-state index contributed by atoms with van der Waals surface area (Å²) in [5.41, 5.74) is -1.05. The Balaban J connectivity index is 2.57. The minimum Gasteiger partial charge on any atom is -0.481 e. The van der Waals surface area contributed by atoms with Crippen LogP contribution in [0.25, 0.3) is 0 Å². The van der Waals surface area contributed by atoms with Gasteiger partial charge in [0.2, 0.25) is 0 Å². The molecule has 0 amide bonds. The van der Waals surface area contributed by atoms with E-state index in [4.69, 9.17) is 5.11 Å². The average Bonchev–Trinajstić information content (AvgIpc) is 2.57. The van der Waals surface area contributed by atoms with Crippen LogP contribution in [0.1, 0.15) is 59.3 Å². The van der Waals surface area contributed by atoms with Gasteiger partial charge in [-0.05, 0) is 43.9 Å². The van der Waals surface area contributed by atoms with E-state index in [0.29, 0.717) is 18.3 Å². The largest absolute Gasteiger partial charge is 0.481 e. The van der Waals surface area contributed by atoms with Crippen LogP contribution in [0.5, 0.6) is 0 Å². The Kier molecular flexibility index (Phi) is 4.99. The zero-order chi connectivity index (χ0) is 13.1. The maximum absolute atomic E-state index is 10.7. The molecule has 0 bridgehead atoms. The molecule has 3 nitrogen and oxygen atoms in total. The van der Waals surface area contributed by atoms with E-state index in [0.717, 1.165) is 18.8 Å². The molecule has 4 unspecified atom stereocenters. The third-order valence-corrected chi connectivity index (χ3v) is 4.27. The molecule has 0 aromatic heterocycles. The molecule has 3 heteroatoms. The molecule has 0 aromatic carbocycles. The lowest BCUT2D eigenvalue weighted by Gasteiger charge is -2.28. The van der Waals surface area contributed by atoms with Gasteiger partial charge in [0.05, 0.1) is 12.0 Å². The molecule has 0 saturated heterocycles. The van der Waals surface area contributed by atoms with E-state index in [2.05, 4.69) is 13.8 Å². The van der Waals surface area contributed by atoms with Gasteiger partial charge in [0.15, 0.2) is 0 Å². The standard InChI is InChI=1S/C14H26O3/c1-4-10-6-11(5-2)12(7-10)8-14(3,17)9-13(15)16/h10-12,17H,4-9H2,1-3H3,(H,15,16). The first kappa shape index (κ1) is 14.5. The van der Waals surface area contributed by atoms with Gasteiger partial charge in [-0.25, -0.2) is 0 Å². The van der Waals surface area contributed by atoms with Crippen molar-refractivity contribution < 1.29 is 15.0 Å². The van der Waals surface area contributed by atoms with Crippen LogP contribution in [0, 0.1) is 17.8 Å². The summed E-state index contributed by atoms with van der Waals surface area (Å²) in [6.07, 6.45) is 5.25. The molecule has 1 fully saturated rings. The van der Waals surface area contributed by atoms with Crippen LogP contribution in [0.15, 0.2) is 0 Å². The smallest absolute Gasteiger partial charge is 0.306 e. The summed E-state index contributed by atoms with van der Waals surface area (Å²) in [6.45, 7) is 6.07. The van der Waals surface area contributed by atoms with Gasteiger partial charge in [-0.3, -0.25) is 4.79 Å². The predicted octanol–water partition coefficient (Wildman–Crippen LogP) is 3.06. The summed E-state index contributed by atoms with van der Waals surface area (Å²) in [5, 5.41) is 18.9. The van der Waals surface area contributed by atoms with Gasteiger partial charge >= 0.3 is 5.97 Å². The highest BCUT2D eigenvalue weighted by Gasteiger charge is 2.37. The molecule has 0 spiro atoms. The Hall–Kier alpha value is -0.570. The van der Waals surface area contributed by atoms with E-state index in [1.165, 1.54) is 12.8 Å². The fraction of sp³-hybridized carbons (Fsp3) is 0.929. The van der Waals surface area contributed by atoms with Crippen molar-refractivity contribution in [3.05, 3.63) is 0 Å². The normalized spacial score (nSPS) is 32.4. The molecule has 0 aromatic rings. The van der Waals surface area contributed by atoms with Crippen molar-refractivity contribution >= 4 is 5.97 Å². The van der Waals surface area contributed by atoms with E-state index >= 15 is 0 Å². The monoisotopic (exact) mass is 242 g/mol. The highest BCUT2D eigenvalue weighted by Crippen LogP contribution is 2.43. The summed E-state index contributed by atoms with van der Waals surface area (Å²) in [6, 6.07) is 0. The number of hydrogen-bond acceptors (Lipinski definition) is 2.